The molecular formula is C43H40Cl2Zr. The second kappa shape index (κ2) is 12.0. The van der Waals surface area contributed by atoms with E-state index in [1.807, 2.05) is 0 Å². The van der Waals surface area contributed by atoms with Gasteiger partial charge in [-0.3, -0.25) is 0 Å². The molecule has 0 radical (unpaired) electrons. The molecule has 1 atom stereocenters. The van der Waals surface area contributed by atoms with Gasteiger partial charge in [-0.2, -0.15) is 0 Å². The van der Waals surface area contributed by atoms with Gasteiger partial charge in [0.05, 0.1) is 0 Å². The number of hydrogen-bond donors (Lipinski definition) is 0. The molecule has 0 N–H and O–H groups in total. The fourth-order valence-electron chi connectivity index (χ4n) is 8.23. The third-order valence-corrected chi connectivity index (χ3v) is 19.2. The molecule has 0 aromatic heterocycles. The van der Waals surface area contributed by atoms with Gasteiger partial charge < -0.3 is 24.8 Å². The van der Waals surface area contributed by atoms with Crippen LogP contribution in [0.15, 0.2) is 118 Å². The monoisotopic (exact) mass is 716 g/mol. The number of allylic oxidation sites excluding steroid dienone is 6. The quantitative estimate of drug-likeness (QED) is 0.286. The molecule has 1 unspecified atom stereocenters. The maximum Gasteiger partial charge on any atom is -1.00 e. The zero-order valence-electron chi connectivity index (χ0n) is 27.5. The van der Waals surface area contributed by atoms with Gasteiger partial charge in [-0.1, -0.05) is 0 Å². The Bertz CT molecular complexity index is 1900. The molecular weight excluding hydrogens is 679 g/mol. The van der Waals surface area contributed by atoms with Crippen molar-refractivity contribution < 1.29 is 46.1 Å². The maximum atomic E-state index is 2.63. The van der Waals surface area contributed by atoms with Gasteiger partial charge >= 0.3 is 272 Å². The molecule has 4 aromatic rings. The second-order valence-corrected chi connectivity index (χ2v) is 20.5. The van der Waals surface area contributed by atoms with Crippen LogP contribution in [-0.4, -0.2) is 3.21 Å². The average molecular weight is 719 g/mol. The van der Waals surface area contributed by atoms with Crippen LogP contribution in [0, 0.1) is 5.92 Å². The van der Waals surface area contributed by atoms with Crippen LogP contribution < -0.4 is 24.8 Å². The van der Waals surface area contributed by atoms with Crippen LogP contribution in [0.4, 0.5) is 0 Å². The van der Waals surface area contributed by atoms with E-state index < -0.39 is 21.3 Å². The van der Waals surface area contributed by atoms with E-state index >= 15 is 0 Å². The molecule has 0 saturated carbocycles. The predicted molar refractivity (Wildman–Crippen MR) is 185 cm³/mol. The summed E-state index contributed by atoms with van der Waals surface area (Å²) in [5, 5.41) is 0. The Kier molecular flexibility index (Phi) is 8.63. The van der Waals surface area contributed by atoms with Crippen LogP contribution in [0.5, 0.6) is 0 Å². The molecule has 46 heavy (non-hydrogen) atoms. The summed E-state index contributed by atoms with van der Waals surface area (Å²) in [6.07, 6.45) is 14.6. The number of rotatable bonds is 4. The Labute approximate surface area is 295 Å². The number of halogens is 2. The van der Waals surface area contributed by atoms with Crippen molar-refractivity contribution in [1.29, 1.82) is 0 Å². The van der Waals surface area contributed by atoms with E-state index in [0.717, 1.165) is 0 Å². The Hall–Kier alpha value is -2.83. The van der Waals surface area contributed by atoms with Crippen LogP contribution in [0.2, 0.25) is 0 Å². The van der Waals surface area contributed by atoms with Gasteiger partial charge in [0.15, 0.2) is 0 Å². The van der Waals surface area contributed by atoms with Gasteiger partial charge in [0.1, 0.15) is 0 Å². The van der Waals surface area contributed by atoms with Crippen molar-refractivity contribution in [3.8, 4) is 11.1 Å². The van der Waals surface area contributed by atoms with Crippen molar-refractivity contribution in [2.45, 2.75) is 56.0 Å². The predicted octanol–water partition coefficient (Wildman–Crippen LogP) is 4.74. The first-order chi connectivity index (χ1) is 21.1. The molecule has 8 rings (SSSR count). The van der Waals surface area contributed by atoms with Gasteiger partial charge in [0.25, 0.3) is 0 Å². The van der Waals surface area contributed by atoms with E-state index in [0.29, 0.717) is 9.54 Å². The zero-order chi connectivity index (χ0) is 30.4. The first-order valence-electron chi connectivity index (χ1n) is 16.1. The molecule has 4 aromatic carbocycles. The molecule has 0 aliphatic heterocycles. The van der Waals surface area contributed by atoms with Crippen molar-refractivity contribution >= 4 is 15.4 Å². The Morgan fingerprint density at radius 1 is 0.652 bits per heavy atom. The summed E-state index contributed by atoms with van der Waals surface area (Å²) in [5.74, 6) is 0.458. The molecule has 0 heterocycles. The van der Waals surface area contributed by atoms with Crippen LogP contribution in [0.25, 0.3) is 23.3 Å². The summed E-state index contributed by atoms with van der Waals surface area (Å²) in [4.78, 5) is 0. The van der Waals surface area contributed by atoms with Crippen LogP contribution in [0.3, 0.4) is 0 Å². The fraction of sp³-hybridized carbons (Fsp3) is 0.233. The van der Waals surface area contributed by atoms with E-state index in [1.165, 1.54) is 50.1 Å². The van der Waals surface area contributed by atoms with Gasteiger partial charge in [-0.05, 0) is 0 Å². The van der Waals surface area contributed by atoms with Crippen LogP contribution >= 0.6 is 0 Å². The standard InChI is InChI=1S/C23H21.C13H10.C7H9.2ClH.Zr/c1-22(2)7-5-14-10-18-16(12-20(14)22)9-17-13-21-15(11-19(17)18)6-8-23(21,3)4;1-3-7-12(8-4-1)11-13-9-5-2-6-10-13;1-6-3-4-7(2)5-6;;;/h5-13H,1-4H3;1-10H;3,5,7H,1-2H3;2*1H;/q;;;;;+2/p-2. The molecule has 4 aliphatic carbocycles. The number of benzene rings is 4. The first kappa shape index (κ1) is 33.1. The van der Waals surface area contributed by atoms with Crippen molar-refractivity contribution in [3.63, 3.8) is 0 Å². The van der Waals surface area contributed by atoms with Crippen molar-refractivity contribution in [3.05, 3.63) is 163 Å². The van der Waals surface area contributed by atoms with E-state index in [1.54, 1.807) is 17.6 Å². The SMILES string of the molecule is CC1=CC(C)[C]([Zr+2](=[C](c2ccccc2)c2ccccc2)[CH]2c3cc4c(cc3-c3cc5c(cc32)C(C)(C)C=C5)C=CC4(C)C)=C1.[Cl-].[Cl-]. The fourth-order valence-corrected chi connectivity index (χ4v) is 17.9. The average Bonchev–Trinajstić information content (AvgIpc) is 3.71. The Morgan fingerprint density at radius 2 is 1.11 bits per heavy atom. The van der Waals surface area contributed by atoms with E-state index in [9.17, 15) is 0 Å². The van der Waals surface area contributed by atoms with Gasteiger partial charge in [0, 0.05) is 0 Å². The molecule has 230 valence electrons. The minimum atomic E-state index is -2.81. The summed E-state index contributed by atoms with van der Waals surface area (Å²) >= 11 is -2.81. The molecule has 0 nitrogen and oxygen atoms in total. The third-order valence-electron chi connectivity index (χ3n) is 10.5. The summed E-state index contributed by atoms with van der Waals surface area (Å²) in [5.41, 5.74) is 16.1. The van der Waals surface area contributed by atoms with Gasteiger partial charge in [-0.15, -0.1) is 0 Å². The van der Waals surface area contributed by atoms with Crippen molar-refractivity contribution in [2.75, 3.05) is 0 Å². The topological polar surface area (TPSA) is 0 Å². The van der Waals surface area contributed by atoms with Crippen molar-refractivity contribution in [2.24, 2.45) is 5.92 Å². The number of hydrogen-bond acceptors (Lipinski definition) is 0. The largest absolute Gasteiger partial charge is 1.00 e. The van der Waals surface area contributed by atoms with Gasteiger partial charge in [0.2, 0.25) is 0 Å². The molecule has 4 aliphatic rings. The van der Waals surface area contributed by atoms with Crippen molar-refractivity contribution in [1.82, 2.24) is 0 Å². The molecule has 0 spiro atoms. The minimum absolute atomic E-state index is 0. The van der Waals surface area contributed by atoms with E-state index in [2.05, 4.69) is 163 Å². The summed E-state index contributed by atoms with van der Waals surface area (Å²) < 4.78 is 3.73. The van der Waals surface area contributed by atoms with Crippen LogP contribution in [0.1, 0.15) is 89.7 Å². The molecule has 3 heteroatoms. The first-order valence-corrected chi connectivity index (χ1v) is 20.0. The van der Waals surface area contributed by atoms with E-state index in [4.69, 9.17) is 0 Å². The molecule has 0 saturated heterocycles. The van der Waals surface area contributed by atoms with Crippen LogP contribution in [-0.2, 0) is 32.1 Å². The summed E-state index contributed by atoms with van der Waals surface area (Å²) in [7, 11) is 0. The normalized spacial score (nSPS) is 18.7. The van der Waals surface area contributed by atoms with Gasteiger partial charge in [-0.25, -0.2) is 0 Å². The zero-order valence-corrected chi connectivity index (χ0v) is 31.4. The Balaban J connectivity index is 0.00000186. The second-order valence-electron chi connectivity index (χ2n) is 14.4. The molecule has 0 bridgehead atoms. The minimum Gasteiger partial charge on any atom is -1.00 e. The van der Waals surface area contributed by atoms with E-state index in [-0.39, 0.29) is 35.6 Å². The molecule has 0 amide bonds. The smallest absolute Gasteiger partial charge is 1.00 e. The number of fused-ring (bicyclic) bond motifs is 5. The Morgan fingerprint density at radius 3 is 1.52 bits per heavy atom. The maximum absolute atomic E-state index is 2.81. The third kappa shape index (κ3) is 5.19. The molecule has 0 fully saturated rings. The summed E-state index contributed by atoms with van der Waals surface area (Å²) in [6.45, 7) is 14.2. The summed E-state index contributed by atoms with van der Waals surface area (Å²) in [6, 6.07) is 33.0.